The van der Waals surface area contributed by atoms with Crippen molar-refractivity contribution in [2.45, 2.75) is 84.7 Å². The summed E-state index contributed by atoms with van der Waals surface area (Å²) in [6.07, 6.45) is 2.63. The third-order valence-electron chi connectivity index (χ3n) is 5.94. The monoisotopic (exact) mass is 437 g/mol. The zero-order chi connectivity index (χ0) is 23.8. The fraction of sp³-hybridized carbons (Fsp3) is 0.481. The van der Waals surface area contributed by atoms with Gasteiger partial charge in [-0.15, -0.1) is 0 Å². The number of aromatic hydroxyl groups is 1. The van der Waals surface area contributed by atoms with Gasteiger partial charge in [-0.1, -0.05) is 61.0 Å². The van der Waals surface area contributed by atoms with Gasteiger partial charge in [0.1, 0.15) is 11.9 Å². The standard InChI is InChI=1S/C27H35NO4/c1-8-9-10-22-18-12-11-17(15-19(18)25(31)32-22)28-24(30)16-13-20(26(2,3)4)23(29)21(14-16)27(5,6)7/h11-15,22,29H,8-10H2,1-7H3,(H,28,30). The molecule has 0 radical (unpaired) electrons. The number of carbonyl (C=O) groups is 2. The van der Waals surface area contributed by atoms with Gasteiger partial charge in [0.05, 0.1) is 5.56 Å². The third kappa shape index (κ3) is 4.82. The third-order valence-corrected chi connectivity index (χ3v) is 5.94. The van der Waals surface area contributed by atoms with Crippen molar-refractivity contribution < 1.29 is 19.4 Å². The molecule has 0 spiro atoms. The van der Waals surface area contributed by atoms with Crippen molar-refractivity contribution in [3.8, 4) is 5.75 Å². The van der Waals surface area contributed by atoms with Gasteiger partial charge in [-0.25, -0.2) is 4.79 Å². The van der Waals surface area contributed by atoms with E-state index in [-0.39, 0.29) is 34.6 Å². The number of phenols is 1. The van der Waals surface area contributed by atoms with E-state index in [0.29, 0.717) is 16.8 Å². The van der Waals surface area contributed by atoms with Crippen molar-refractivity contribution in [2.75, 3.05) is 5.32 Å². The Morgan fingerprint density at radius 2 is 1.62 bits per heavy atom. The van der Waals surface area contributed by atoms with Gasteiger partial charge in [-0.05, 0) is 47.9 Å². The van der Waals surface area contributed by atoms with Gasteiger partial charge in [0.15, 0.2) is 0 Å². The summed E-state index contributed by atoms with van der Waals surface area (Å²) < 4.78 is 5.52. The van der Waals surface area contributed by atoms with Gasteiger partial charge in [0.25, 0.3) is 5.91 Å². The van der Waals surface area contributed by atoms with Gasteiger partial charge in [0, 0.05) is 27.9 Å². The van der Waals surface area contributed by atoms with Crippen LogP contribution in [0, 0.1) is 0 Å². The second kappa shape index (κ2) is 8.61. The molecule has 32 heavy (non-hydrogen) atoms. The molecule has 1 aliphatic heterocycles. The summed E-state index contributed by atoms with van der Waals surface area (Å²) in [7, 11) is 0. The molecule has 1 aliphatic rings. The van der Waals surface area contributed by atoms with Crippen molar-refractivity contribution in [3.63, 3.8) is 0 Å². The number of esters is 1. The van der Waals surface area contributed by atoms with E-state index in [0.717, 1.165) is 36.0 Å². The quantitative estimate of drug-likeness (QED) is 0.514. The maximum atomic E-state index is 13.2. The summed E-state index contributed by atoms with van der Waals surface area (Å²) in [5.41, 5.74) is 3.22. The Kier molecular flexibility index (Phi) is 6.41. The zero-order valence-corrected chi connectivity index (χ0v) is 20.3. The number of fused-ring (bicyclic) bond motifs is 1. The first-order valence-electron chi connectivity index (χ1n) is 11.4. The van der Waals surface area contributed by atoms with Crippen molar-refractivity contribution in [2.24, 2.45) is 0 Å². The number of hydrogen-bond donors (Lipinski definition) is 2. The highest BCUT2D eigenvalue weighted by molar-refractivity contribution is 6.05. The number of rotatable bonds is 5. The molecule has 0 aromatic heterocycles. The molecule has 5 heteroatoms. The maximum absolute atomic E-state index is 13.2. The number of phenolic OH excluding ortho intramolecular Hbond substituents is 1. The van der Waals surface area contributed by atoms with Crippen LogP contribution in [0.5, 0.6) is 5.75 Å². The smallest absolute Gasteiger partial charge is 0.339 e. The van der Waals surface area contributed by atoms with Gasteiger partial charge < -0.3 is 15.2 Å². The highest BCUT2D eigenvalue weighted by Crippen LogP contribution is 2.40. The molecule has 3 rings (SSSR count). The SMILES string of the molecule is CCCCC1OC(=O)c2cc(NC(=O)c3cc(C(C)(C)C)c(O)c(C(C)(C)C)c3)ccc21. The minimum Gasteiger partial charge on any atom is -0.507 e. The molecule has 0 aliphatic carbocycles. The van der Waals surface area contributed by atoms with Gasteiger partial charge in [-0.2, -0.15) is 0 Å². The topological polar surface area (TPSA) is 75.6 Å². The van der Waals surface area contributed by atoms with E-state index in [9.17, 15) is 14.7 Å². The van der Waals surface area contributed by atoms with Gasteiger partial charge in [-0.3, -0.25) is 4.79 Å². The number of anilines is 1. The Balaban J connectivity index is 1.93. The lowest BCUT2D eigenvalue weighted by Crippen LogP contribution is -2.20. The summed E-state index contributed by atoms with van der Waals surface area (Å²) in [6.45, 7) is 14.2. The normalized spacial score (nSPS) is 16.0. The lowest BCUT2D eigenvalue weighted by Gasteiger charge is -2.28. The summed E-state index contributed by atoms with van der Waals surface area (Å²) in [5.74, 6) is -0.387. The Labute approximate surface area is 191 Å². The Bertz CT molecular complexity index is 1010. The van der Waals surface area contributed by atoms with Gasteiger partial charge >= 0.3 is 5.97 Å². The van der Waals surface area contributed by atoms with Crippen LogP contribution in [-0.2, 0) is 15.6 Å². The number of hydrogen-bond acceptors (Lipinski definition) is 4. The fourth-order valence-corrected chi connectivity index (χ4v) is 4.06. The van der Waals surface area contributed by atoms with Crippen LogP contribution in [0.25, 0.3) is 0 Å². The van der Waals surface area contributed by atoms with Crippen LogP contribution < -0.4 is 5.32 Å². The van der Waals surface area contributed by atoms with Crippen LogP contribution in [0.2, 0.25) is 0 Å². The first-order chi connectivity index (χ1) is 14.8. The largest absolute Gasteiger partial charge is 0.507 e. The van der Waals surface area contributed by atoms with Crippen LogP contribution in [0.15, 0.2) is 30.3 Å². The predicted molar refractivity (Wildman–Crippen MR) is 128 cm³/mol. The van der Waals surface area contributed by atoms with Crippen molar-refractivity contribution in [3.05, 3.63) is 58.1 Å². The lowest BCUT2D eigenvalue weighted by atomic mass is 9.78. The second-order valence-electron chi connectivity index (χ2n) is 10.7. The molecule has 1 heterocycles. The average molecular weight is 438 g/mol. The number of nitrogens with one attached hydrogen (secondary N) is 1. The van der Waals surface area contributed by atoms with Crippen molar-refractivity contribution >= 4 is 17.6 Å². The molecular weight excluding hydrogens is 402 g/mol. The van der Waals surface area contributed by atoms with E-state index in [2.05, 4.69) is 12.2 Å². The molecule has 2 aromatic carbocycles. The molecular formula is C27H35NO4. The van der Waals surface area contributed by atoms with Crippen LogP contribution in [-0.4, -0.2) is 17.0 Å². The molecule has 1 unspecified atom stereocenters. The number of carbonyl (C=O) groups excluding carboxylic acids is 2. The molecule has 1 atom stereocenters. The van der Waals surface area contributed by atoms with E-state index in [4.69, 9.17) is 4.74 Å². The number of benzene rings is 2. The average Bonchev–Trinajstić information content (AvgIpc) is 2.99. The molecule has 1 amide bonds. The van der Waals surface area contributed by atoms with Gasteiger partial charge in [0.2, 0.25) is 0 Å². The molecule has 2 aromatic rings. The summed E-state index contributed by atoms with van der Waals surface area (Å²) in [6, 6.07) is 8.88. The number of amides is 1. The molecule has 0 bridgehead atoms. The fourth-order valence-electron chi connectivity index (χ4n) is 4.06. The highest BCUT2D eigenvalue weighted by atomic mass is 16.5. The summed E-state index contributed by atoms with van der Waals surface area (Å²) in [5, 5.41) is 13.8. The van der Waals surface area contributed by atoms with Crippen molar-refractivity contribution in [1.82, 2.24) is 0 Å². The Hall–Kier alpha value is -2.82. The maximum Gasteiger partial charge on any atom is 0.339 e. The number of unbranched alkanes of at least 4 members (excludes halogenated alkanes) is 1. The summed E-state index contributed by atoms with van der Waals surface area (Å²) >= 11 is 0. The first kappa shape index (κ1) is 23.8. The van der Waals surface area contributed by atoms with E-state index in [1.807, 2.05) is 53.7 Å². The molecule has 0 fully saturated rings. The summed E-state index contributed by atoms with van der Waals surface area (Å²) in [4.78, 5) is 25.5. The Morgan fingerprint density at radius 3 is 2.16 bits per heavy atom. The van der Waals surface area contributed by atoms with Crippen LogP contribution in [0.4, 0.5) is 5.69 Å². The minimum atomic E-state index is -0.341. The van der Waals surface area contributed by atoms with Crippen LogP contribution >= 0.6 is 0 Å². The Morgan fingerprint density at radius 1 is 1.03 bits per heavy atom. The second-order valence-corrected chi connectivity index (χ2v) is 10.7. The van der Waals surface area contributed by atoms with E-state index in [1.165, 1.54) is 0 Å². The molecule has 172 valence electrons. The molecule has 0 saturated carbocycles. The minimum absolute atomic E-state index is 0.206. The number of ether oxygens (including phenoxy) is 1. The van der Waals surface area contributed by atoms with E-state index >= 15 is 0 Å². The molecule has 0 saturated heterocycles. The van der Waals surface area contributed by atoms with Crippen LogP contribution in [0.3, 0.4) is 0 Å². The first-order valence-corrected chi connectivity index (χ1v) is 11.4. The van der Waals surface area contributed by atoms with Crippen molar-refractivity contribution in [1.29, 1.82) is 0 Å². The number of cyclic esters (lactones) is 1. The highest BCUT2D eigenvalue weighted by Gasteiger charge is 2.31. The lowest BCUT2D eigenvalue weighted by molar-refractivity contribution is 0.0364. The predicted octanol–water partition coefficient (Wildman–Crippen LogP) is 6.64. The molecule has 5 nitrogen and oxygen atoms in total. The zero-order valence-electron chi connectivity index (χ0n) is 20.3. The van der Waals surface area contributed by atoms with E-state index in [1.54, 1.807) is 18.2 Å². The molecule has 2 N–H and O–H groups in total. The van der Waals surface area contributed by atoms with Crippen LogP contribution in [0.1, 0.15) is 111 Å². The van der Waals surface area contributed by atoms with E-state index < -0.39 is 0 Å².